The van der Waals surface area contributed by atoms with Crippen LogP contribution in [0.15, 0.2) is 36.4 Å². The summed E-state index contributed by atoms with van der Waals surface area (Å²) in [5.74, 6) is -0.653. The van der Waals surface area contributed by atoms with Crippen LogP contribution in [0.2, 0.25) is 10.0 Å². The molecule has 0 aliphatic rings. The number of esters is 1. The molecule has 0 aliphatic heterocycles. The van der Waals surface area contributed by atoms with Crippen LogP contribution in [0.25, 0.3) is 11.1 Å². The number of nitrogens with zero attached hydrogens (tertiary/aromatic N) is 1. The Bertz CT molecular complexity index is 731. The van der Waals surface area contributed by atoms with Gasteiger partial charge < -0.3 is 4.74 Å². The van der Waals surface area contributed by atoms with E-state index in [2.05, 4.69) is 4.74 Å². The maximum atomic E-state index is 11.6. The first kappa shape index (κ1) is 15.3. The van der Waals surface area contributed by atoms with E-state index in [1.165, 1.54) is 19.2 Å². The molecule has 5 nitrogen and oxygen atoms in total. The van der Waals surface area contributed by atoms with E-state index in [9.17, 15) is 14.9 Å². The number of carbonyl (C=O) groups is 1. The molecule has 0 heterocycles. The van der Waals surface area contributed by atoms with Crippen molar-refractivity contribution in [3.63, 3.8) is 0 Å². The van der Waals surface area contributed by atoms with Crippen molar-refractivity contribution < 1.29 is 14.5 Å². The standard InChI is InChI=1S/C14H9Cl2NO4/c1-21-14(18)10-4-9(5-11(6-10)17(19)20)8-2-3-12(15)13(16)7-8/h2-7H,1H3. The topological polar surface area (TPSA) is 69.4 Å². The van der Waals surface area contributed by atoms with E-state index in [-0.39, 0.29) is 11.3 Å². The molecule has 0 fully saturated rings. The Balaban J connectivity index is 2.61. The third-order valence-corrected chi connectivity index (χ3v) is 3.54. The van der Waals surface area contributed by atoms with E-state index >= 15 is 0 Å². The Kier molecular flexibility index (Phi) is 4.45. The van der Waals surface area contributed by atoms with Crippen LogP contribution in [0.3, 0.4) is 0 Å². The molecule has 21 heavy (non-hydrogen) atoms. The summed E-state index contributed by atoms with van der Waals surface area (Å²) in [5.41, 5.74) is 0.966. The fourth-order valence-electron chi connectivity index (χ4n) is 1.79. The highest BCUT2D eigenvalue weighted by Crippen LogP contribution is 2.31. The molecule has 0 radical (unpaired) electrons. The van der Waals surface area contributed by atoms with Gasteiger partial charge in [-0.1, -0.05) is 29.3 Å². The van der Waals surface area contributed by atoms with Gasteiger partial charge in [0.15, 0.2) is 0 Å². The van der Waals surface area contributed by atoms with Gasteiger partial charge in [-0.25, -0.2) is 4.79 Å². The van der Waals surface area contributed by atoms with Crippen LogP contribution in [-0.2, 0) is 4.74 Å². The molecule has 2 aromatic carbocycles. The van der Waals surface area contributed by atoms with Crippen molar-refractivity contribution in [3.8, 4) is 11.1 Å². The van der Waals surface area contributed by atoms with Crippen molar-refractivity contribution >= 4 is 34.9 Å². The SMILES string of the molecule is COC(=O)c1cc(-c2ccc(Cl)c(Cl)c2)cc([N+](=O)[O-])c1. The number of methoxy groups -OCH3 is 1. The van der Waals surface area contributed by atoms with Crippen molar-refractivity contribution in [2.45, 2.75) is 0 Å². The number of hydrogen-bond acceptors (Lipinski definition) is 4. The number of nitro benzene ring substituents is 1. The van der Waals surface area contributed by atoms with Crippen molar-refractivity contribution in [2.75, 3.05) is 7.11 Å². The molecule has 0 bridgehead atoms. The molecular weight excluding hydrogens is 317 g/mol. The number of nitro groups is 1. The number of non-ortho nitro benzene ring substituents is 1. The Labute approximate surface area is 130 Å². The van der Waals surface area contributed by atoms with E-state index in [4.69, 9.17) is 23.2 Å². The molecule has 2 rings (SSSR count). The zero-order valence-electron chi connectivity index (χ0n) is 10.8. The van der Waals surface area contributed by atoms with Crippen LogP contribution in [0, 0.1) is 10.1 Å². The largest absolute Gasteiger partial charge is 0.465 e. The van der Waals surface area contributed by atoms with Crippen molar-refractivity contribution in [2.24, 2.45) is 0 Å². The van der Waals surface area contributed by atoms with Gasteiger partial charge in [0.2, 0.25) is 0 Å². The van der Waals surface area contributed by atoms with Gasteiger partial charge in [-0.3, -0.25) is 10.1 Å². The molecule has 0 saturated carbocycles. The Hall–Kier alpha value is -2.11. The highest BCUT2D eigenvalue weighted by molar-refractivity contribution is 6.42. The van der Waals surface area contributed by atoms with Crippen molar-refractivity contribution in [1.29, 1.82) is 0 Å². The van der Waals surface area contributed by atoms with Crippen LogP contribution < -0.4 is 0 Å². The van der Waals surface area contributed by atoms with Gasteiger partial charge in [0.05, 0.1) is 27.6 Å². The highest BCUT2D eigenvalue weighted by atomic mass is 35.5. The number of ether oxygens (including phenoxy) is 1. The molecule has 0 spiro atoms. The minimum Gasteiger partial charge on any atom is -0.465 e. The molecule has 0 atom stereocenters. The van der Waals surface area contributed by atoms with E-state index in [1.54, 1.807) is 18.2 Å². The van der Waals surface area contributed by atoms with Gasteiger partial charge >= 0.3 is 5.97 Å². The Morgan fingerprint density at radius 2 is 1.81 bits per heavy atom. The number of benzene rings is 2. The van der Waals surface area contributed by atoms with Gasteiger partial charge in [0.25, 0.3) is 5.69 Å². The summed E-state index contributed by atoms with van der Waals surface area (Å²) < 4.78 is 4.60. The summed E-state index contributed by atoms with van der Waals surface area (Å²) in [4.78, 5) is 22.0. The fourth-order valence-corrected chi connectivity index (χ4v) is 2.09. The average molecular weight is 326 g/mol. The van der Waals surface area contributed by atoms with E-state index in [1.807, 2.05) is 0 Å². The van der Waals surface area contributed by atoms with Crippen LogP contribution in [0.1, 0.15) is 10.4 Å². The van der Waals surface area contributed by atoms with E-state index in [0.29, 0.717) is 21.2 Å². The zero-order chi connectivity index (χ0) is 15.6. The molecular formula is C14H9Cl2NO4. The molecule has 7 heteroatoms. The average Bonchev–Trinajstić information content (AvgIpc) is 2.48. The number of halogens is 2. The summed E-state index contributed by atoms with van der Waals surface area (Å²) in [5, 5.41) is 11.7. The first-order chi connectivity index (χ1) is 9.92. The highest BCUT2D eigenvalue weighted by Gasteiger charge is 2.16. The molecule has 0 aliphatic carbocycles. The Morgan fingerprint density at radius 3 is 2.38 bits per heavy atom. The lowest BCUT2D eigenvalue weighted by Crippen LogP contribution is -2.02. The van der Waals surface area contributed by atoms with Gasteiger partial charge in [-0.05, 0) is 29.3 Å². The first-order valence-corrected chi connectivity index (χ1v) is 6.51. The normalized spacial score (nSPS) is 10.2. The lowest BCUT2D eigenvalue weighted by atomic mass is 10.0. The predicted molar refractivity (Wildman–Crippen MR) is 79.9 cm³/mol. The second-order valence-corrected chi connectivity index (χ2v) is 4.96. The molecule has 0 unspecified atom stereocenters. The molecule has 0 aromatic heterocycles. The van der Waals surface area contributed by atoms with Gasteiger partial charge in [0.1, 0.15) is 0 Å². The smallest absolute Gasteiger partial charge is 0.338 e. The first-order valence-electron chi connectivity index (χ1n) is 5.75. The Morgan fingerprint density at radius 1 is 1.10 bits per heavy atom. The summed E-state index contributed by atoms with van der Waals surface area (Å²) >= 11 is 11.8. The molecule has 0 saturated heterocycles. The number of rotatable bonds is 3. The lowest BCUT2D eigenvalue weighted by Gasteiger charge is -2.06. The third kappa shape index (κ3) is 3.32. The third-order valence-electron chi connectivity index (χ3n) is 2.80. The monoisotopic (exact) mass is 325 g/mol. The second kappa shape index (κ2) is 6.11. The van der Waals surface area contributed by atoms with E-state index in [0.717, 1.165) is 6.07 Å². The van der Waals surface area contributed by atoms with Gasteiger partial charge in [0, 0.05) is 12.1 Å². The maximum absolute atomic E-state index is 11.6. The van der Waals surface area contributed by atoms with Gasteiger partial charge in [-0.2, -0.15) is 0 Å². The number of carbonyl (C=O) groups excluding carboxylic acids is 1. The van der Waals surface area contributed by atoms with Crippen molar-refractivity contribution in [1.82, 2.24) is 0 Å². The molecule has 0 amide bonds. The van der Waals surface area contributed by atoms with Crippen LogP contribution in [-0.4, -0.2) is 18.0 Å². The summed E-state index contributed by atoms with van der Waals surface area (Å²) in [7, 11) is 1.21. The van der Waals surface area contributed by atoms with Crippen LogP contribution in [0.5, 0.6) is 0 Å². The molecule has 2 aromatic rings. The van der Waals surface area contributed by atoms with Crippen molar-refractivity contribution in [3.05, 3.63) is 62.1 Å². The predicted octanol–water partition coefficient (Wildman–Crippen LogP) is 4.36. The van der Waals surface area contributed by atoms with E-state index < -0.39 is 10.9 Å². The minimum atomic E-state index is -0.653. The zero-order valence-corrected chi connectivity index (χ0v) is 12.3. The fraction of sp³-hybridized carbons (Fsp3) is 0.0714. The summed E-state index contributed by atoms with van der Waals surface area (Å²) in [6, 6.07) is 8.82. The van der Waals surface area contributed by atoms with Crippen LogP contribution in [0.4, 0.5) is 5.69 Å². The quantitative estimate of drug-likeness (QED) is 0.477. The second-order valence-electron chi connectivity index (χ2n) is 4.15. The maximum Gasteiger partial charge on any atom is 0.338 e. The van der Waals surface area contributed by atoms with Crippen LogP contribution >= 0.6 is 23.2 Å². The molecule has 0 N–H and O–H groups in total. The lowest BCUT2D eigenvalue weighted by molar-refractivity contribution is -0.384. The molecule has 108 valence electrons. The minimum absolute atomic E-state index is 0.0905. The summed E-state index contributed by atoms with van der Waals surface area (Å²) in [6.45, 7) is 0. The summed E-state index contributed by atoms with van der Waals surface area (Å²) in [6.07, 6.45) is 0. The van der Waals surface area contributed by atoms with Gasteiger partial charge in [-0.15, -0.1) is 0 Å². The number of hydrogen-bond donors (Lipinski definition) is 0.